The van der Waals surface area contributed by atoms with Crippen LogP contribution in [0.4, 0.5) is 5.69 Å². The van der Waals surface area contributed by atoms with Crippen LogP contribution in [0.5, 0.6) is 23.0 Å². The molecule has 0 radical (unpaired) electrons. The fourth-order valence-corrected chi connectivity index (χ4v) is 4.09. The van der Waals surface area contributed by atoms with E-state index in [4.69, 9.17) is 18.9 Å². The number of benzene rings is 3. The van der Waals surface area contributed by atoms with Crippen molar-refractivity contribution in [2.45, 2.75) is 0 Å². The molecule has 0 atom stereocenters. The van der Waals surface area contributed by atoms with Crippen LogP contribution in [0.3, 0.4) is 0 Å². The minimum Gasteiger partial charge on any atom is -0.495 e. The van der Waals surface area contributed by atoms with E-state index in [-0.39, 0.29) is 17.7 Å². The van der Waals surface area contributed by atoms with Gasteiger partial charge in [-0.25, -0.2) is 0 Å². The molecule has 196 valence electrons. The summed E-state index contributed by atoms with van der Waals surface area (Å²) in [5, 5.41) is 6.16. The molecular weight excluding hydrogens is 490 g/mol. The molecule has 10 heteroatoms. The number of rotatable bonds is 9. The van der Waals surface area contributed by atoms with Gasteiger partial charge in [-0.1, -0.05) is 30.3 Å². The highest BCUT2D eigenvalue weighted by Gasteiger charge is 2.19. The minimum atomic E-state index is -0.523. The number of ether oxygens (including phenoxy) is 4. The lowest BCUT2D eigenvalue weighted by Crippen LogP contribution is -2.34. The number of para-hydroxylation sites is 2. The molecule has 3 aromatic carbocycles. The number of nitrogens with zero attached hydrogens (tertiary/aromatic N) is 1. The molecule has 1 aromatic heterocycles. The van der Waals surface area contributed by atoms with Crippen LogP contribution in [0.1, 0.15) is 10.4 Å². The fourth-order valence-electron chi connectivity index (χ4n) is 4.09. The highest BCUT2D eigenvalue weighted by Crippen LogP contribution is 2.39. The van der Waals surface area contributed by atoms with Crippen LogP contribution in [0.15, 0.2) is 71.7 Å². The Morgan fingerprint density at radius 1 is 0.789 bits per heavy atom. The smallest absolute Gasteiger partial charge is 0.263 e. The Morgan fingerprint density at radius 2 is 1.39 bits per heavy atom. The van der Waals surface area contributed by atoms with Crippen molar-refractivity contribution in [3.8, 4) is 28.7 Å². The van der Waals surface area contributed by atoms with Crippen LogP contribution >= 0.6 is 0 Å². The van der Waals surface area contributed by atoms with Crippen molar-refractivity contribution >= 4 is 28.3 Å². The van der Waals surface area contributed by atoms with Gasteiger partial charge in [-0.15, -0.1) is 0 Å². The molecule has 0 aliphatic carbocycles. The van der Waals surface area contributed by atoms with Crippen LogP contribution in [0.25, 0.3) is 16.5 Å². The normalized spacial score (nSPS) is 10.5. The summed E-state index contributed by atoms with van der Waals surface area (Å²) < 4.78 is 22.7. The molecule has 0 unspecified atom stereocenters. The zero-order valence-electron chi connectivity index (χ0n) is 21.4. The Balaban J connectivity index is 1.60. The Bertz CT molecular complexity index is 1540. The number of aromatic nitrogens is 1. The molecule has 0 aliphatic rings. The molecule has 0 saturated carbocycles. The molecule has 10 nitrogen and oxygen atoms in total. The Kier molecular flexibility index (Phi) is 7.81. The second-order valence-corrected chi connectivity index (χ2v) is 8.08. The van der Waals surface area contributed by atoms with Gasteiger partial charge in [0.1, 0.15) is 5.75 Å². The van der Waals surface area contributed by atoms with E-state index >= 15 is 0 Å². The van der Waals surface area contributed by atoms with Crippen molar-refractivity contribution in [2.24, 2.45) is 0 Å². The predicted molar refractivity (Wildman–Crippen MR) is 143 cm³/mol. The lowest BCUT2D eigenvalue weighted by Gasteiger charge is -2.15. The summed E-state index contributed by atoms with van der Waals surface area (Å²) in [4.78, 5) is 39.2. The van der Waals surface area contributed by atoms with Crippen molar-refractivity contribution in [1.82, 2.24) is 9.88 Å². The average Bonchev–Trinajstić information content (AvgIpc) is 2.95. The van der Waals surface area contributed by atoms with Gasteiger partial charge in [0.25, 0.3) is 11.5 Å². The largest absolute Gasteiger partial charge is 0.495 e. The van der Waals surface area contributed by atoms with E-state index in [2.05, 4.69) is 10.6 Å². The van der Waals surface area contributed by atoms with Gasteiger partial charge in [0.15, 0.2) is 11.5 Å². The highest BCUT2D eigenvalue weighted by molar-refractivity contribution is 6.08. The summed E-state index contributed by atoms with van der Waals surface area (Å²) in [7, 11) is 5.93. The summed E-state index contributed by atoms with van der Waals surface area (Å²) >= 11 is 0. The summed E-state index contributed by atoms with van der Waals surface area (Å²) in [5.41, 5.74) is 0.808. The fraction of sp³-hybridized carbons (Fsp3) is 0.179. The van der Waals surface area contributed by atoms with Crippen LogP contribution in [0, 0.1) is 0 Å². The highest BCUT2D eigenvalue weighted by atomic mass is 16.5. The van der Waals surface area contributed by atoms with Gasteiger partial charge in [-0.2, -0.15) is 0 Å². The van der Waals surface area contributed by atoms with Crippen molar-refractivity contribution < 1.29 is 28.5 Å². The van der Waals surface area contributed by atoms with Crippen LogP contribution in [-0.4, -0.2) is 51.4 Å². The van der Waals surface area contributed by atoms with Gasteiger partial charge in [-0.3, -0.25) is 19.0 Å². The number of amides is 2. The molecule has 1 heterocycles. The number of pyridine rings is 1. The third kappa shape index (κ3) is 5.10. The first kappa shape index (κ1) is 26.1. The molecule has 0 bridgehead atoms. The van der Waals surface area contributed by atoms with Crippen molar-refractivity contribution in [1.29, 1.82) is 0 Å². The maximum Gasteiger partial charge on any atom is 0.263 e. The van der Waals surface area contributed by atoms with E-state index in [1.807, 2.05) is 0 Å². The van der Waals surface area contributed by atoms with E-state index in [1.54, 1.807) is 60.7 Å². The second-order valence-electron chi connectivity index (χ2n) is 8.08. The lowest BCUT2D eigenvalue weighted by molar-refractivity contribution is -0.115. The lowest BCUT2D eigenvalue weighted by atomic mass is 10.1. The van der Waals surface area contributed by atoms with Gasteiger partial charge >= 0.3 is 0 Å². The number of hydrogen-bond acceptors (Lipinski definition) is 7. The maximum absolute atomic E-state index is 13.3. The Hall–Kier alpha value is -4.99. The summed E-state index contributed by atoms with van der Waals surface area (Å²) in [6, 6.07) is 17.0. The number of carbonyl (C=O) groups is 2. The maximum atomic E-state index is 13.3. The number of methoxy groups -OCH3 is 4. The number of fused-ring (bicyclic) bond motifs is 1. The Labute approximate surface area is 218 Å². The zero-order chi connectivity index (χ0) is 27.2. The van der Waals surface area contributed by atoms with E-state index < -0.39 is 11.8 Å². The molecule has 0 saturated heterocycles. The molecule has 2 amide bonds. The van der Waals surface area contributed by atoms with E-state index in [1.165, 1.54) is 39.2 Å². The molecule has 38 heavy (non-hydrogen) atoms. The number of carbonyl (C=O) groups excluding carboxylic acids is 2. The van der Waals surface area contributed by atoms with Gasteiger partial charge in [-0.05, 0) is 18.2 Å². The van der Waals surface area contributed by atoms with Gasteiger partial charge in [0.05, 0.1) is 46.2 Å². The third-order valence-electron chi connectivity index (χ3n) is 5.87. The van der Waals surface area contributed by atoms with Gasteiger partial charge < -0.3 is 29.6 Å². The van der Waals surface area contributed by atoms with Crippen LogP contribution in [0.2, 0.25) is 0 Å². The molecule has 4 aromatic rings. The van der Waals surface area contributed by atoms with E-state index in [0.717, 1.165) is 0 Å². The van der Waals surface area contributed by atoms with Gasteiger partial charge in [0, 0.05) is 34.8 Å². The topological polar surface area (TPSA) is 117 Å². The number of anilines is 1. The minimum absolute atomic E-state index is 0.228. The molecule has 4 rings (SSSR count). The summed E-state index contributed by atoms with van der Waals surface area (Å²) in [5.74, 6) is 0.603. The van der Waals surface area contributed by atoms with Crippen molar-refractivity contribution in [3.63, 3.8) is 0 Å². The van der Waals surface area contributed by atoms with Crippen molar-refractivity contribution in [3.05, 3.63) is 82.8 Å². The van der Waals surface area contributed by atoms with Crippen LogP contribution < -0.4 is 35.1 Å². The summed E-state index contributed by atoms with van der Waals surface area (Å²) in [6.07, 6.45) is 1.45. The first-order valence-electron chi connectivity index (χ1n) is 11.6. The number of hydrogen-bond donors (Lipinski definition) is 2. The summed E-state index contributed by atoms with van der Waals surface area (Å²) in [6.45, 7) is -0.322. The van der Waals surface area contributed by atoms with E-state index in [0.29, 0.717) is 45.1 Å². The van der Waals surface area contributed by atoms with E-state index in [9.17, 15) is 14.4 Å². The van der Waals surface area contributed by atoms with Crippen LogP contribution in [-0.2, 0) is 4.79 Å². The monoisotopic (exact) mass is 517 g/mol. The molecule has 0 spiro atoms. The van der Waals surface area contributed by atoms with Crippen molar-refractivity contribution in [2.75, 3.05) is 40.3 Å². The molecule has 2 N–H and O–H groups in total. The molecule has 0 aliphatic heterocycles. The quantitative estimate of drug-likeness (QED) is 0.350. The standard InChI is InChI=1S/C28H27N3O7/c1-35-22-12-8-7-11-21(22)31-16-20(18-9-5-6-10-19(18)28(31)34)27(33)29-15-25(32)30-17-13-23(36-2)26(38-4)24(14-17)37-3/h5-14,16H,15H2,1-4H3,(H,29,33)(H,30,32). The molecular formula is C28H27N3O7. The first-order chi connectivity index (χ1) is 18.4. The Morgan fingerprint density at radius 3 is 2.03 bits per heavy atom. The molecule has 0 fully saturated rings. The third-order valence-corrected chi connectivity index (χ3v) is 5.87. The second kappa shape index (κ2) is 11.4. The van der Waals surface area contributed by atoms with Gasteiger partial charge in [0.2, 0.25) is 11.7 Å². The first-order valence-corrected chi connectivity index (χ1v) is 11.6. The average molecular weight is 518 g/mol. The zero-order valence-corrected chi connectivity index (χ0v) is 21.4. The SMILES string of the molecule is COc1ccccc1-n1cc(C(=O)NCC(=O)Nc2cc(OC)c(OC)c(OC)c2)c2ccccc2c1=O. The number of nitrogens with one attached hydrogen (secondary N) is 2. The predicted octanol–water partition coefficient (Wildman–Crippen LogP) is 3.39.